The van der Waals surface area contributed by atoms with Gasteiger partial charge in [-0.15, -0.1) is 0 Å². The Morgan fingerprint density at radius 3 is 2.83 bits per heavy atom. The molecule has 1 saturated carbocycles. The molecule has 1 aliphatic carbocycles. The first-order valence-corrected chi connectivity index (χ1v) is 4.65. The first-order valence-electron chi connectivity index (χ1n) is 4.65. The maximum absolute atomic E-state index is 10.6. The summed E-state index contributed by atoms with van der Waals surface area (Å²) in [6.07, 6.45) is 4.98. The summed E-state index contributed by atoms with van der Waals surface area (Å²) < 4.78 is 5.47. The average molecular weight is 170 g/mol. The summed E-state index contributed by atoms with van der Waals surface area (Å²) in [4.78, 5) is 10.6. The van der Waals surface area contributed by atoms with Crippen LogP contribution >= 0.6 is 0 Å². The maximum atomic E-state index is 10.6. The van der Waals surface area contributed by atoms with Crippen molar-refractivity contribution in [2.45, 2.75) is 44.3 Å². The summed E-state index contributed by atoms with van der Waals surface area (Å²) in [5, 5.41) is 8.73. The van der Waals surface area contributed by atoms with E-state index in [-0.39, 0.29) is 6.10 Å². The topological polar surface area (TPSA) is 46.5 Å². The van der Waals surface area contributed by atoms with Crippen molar-refractivity contribution < 1.29 is 14.6 Å². The Morgan fingerprint density at radius 1 is 1.25 bits per heavy atom. The lowest BCUT2D eigenvalue weighted by Gasteiger charge is -2.30. The van der Waals surface area contributed by atoms with Crippen molar-refractivity contribution >= 4 is 5.97 Å². The molecule has 0 spiro atoms. The summed E-state index contributed by atoms with van der Waals surface area (Å²) in [6.45, 7) is 0. The fourth-order valence-electron chi connectivity index (χ4n) is 2.34. The zero-order chi connectivity index (χ0) is 8.55. The van der Waals surface area contributed by atoms with Gasteiger partial charge in [0.1, 0.15) is 0 Å². The van der Waals surface area contributed by atoms with E-state index >= 15 is 0 Å². The van der Waals surface area contributed by atoms with Gasteiger partial charge in [0.15, 0.2) is 6.10 Å². The molecule has 1 saturated heterocycles. The van der Waals surface area contributed by atoms with Crippen LogP contribution in [0.4, 0.5) is 0 Å². The van der Waals surface area contributed by atoms with Gasteiger partial charge in [0.25, 0.3) is 0 Å². The van der Waals surface area contributed by atoms with Crippen LogP contribution in [0.5, 0.6) is 0 Å². The molecule has 0 radical (unpaired) electrons. The minimum Gasteiger partial charge on any atom is -0.479 e. The quantitative estimate of drug-likeness (QED) is 0.647. The van der Waals surface area contributed by atoms with E-state index in [0.29, 0.717) is 12.3 Å². The lowest BCUT2D eigenvalue weighted by atomic mass is 9.94. The number of carbonyl (C=O) groups is 1. The van der Waals surface area contributed by atoms with Crippen molar-refractivity contribution in [3.63, 3.8) is 0 Å². The molecule has 0 aromatic heterocycles. The molecule has 3 atom stereocenters. The van der Waals surface area contributed by atoms with Crippen molar-refractivity contribution in [2.75, 3.05) is 0 Å². The lowest BCUT2D eigenvalue weighted by Crippen LogP contribution is -2.36. The van der Waals surface area contributed by atoms with E-state index in [4.69, 9.17) is 9.84 Å². The smallest absolute Gasteiger partial charge is 0.332 e. The normalized spacial score (nSPS) is 40.8. The fourth-order valence-corrected chi connectivity index (χ4v) is 2.34. The molecule has 12 heavy (non-hydrogen) atoms. The van der Waals surface area contributed by atoms with Crippen molar-refractivity contribution in [1.29, 1.82) is 0 Å². The third kappa shape index (κ3) is 1.33. The standard InChI is InChI=1S/C9H14O3/c10-9(11)8-5-4-6-2-1-3-7(6)12-8/h6-8H,1-5H2,(H,10,11). The van der Waals surface area contributed by atoms with Gasteiger partial charge in [-0.2, -0.15) is 0 Å². The Hall–Kier alpha value is -0.570. The van der Waals surface area contributed by atoms with Gasteiger partial charge in [-0.1, -0.05) is 6.42 Å². The monoisotopic (exact) mass is 170 g/mol. The summed E-state index contributed by atoms with van der Waals surface area (Å²) in [5.74, 6) is -0.138. The lowest BCUT2D eigenvalue weighted by molar-refractivity contribution is -0.161. The molecule has 0 aromatic carbocycles. The zero-order valence-electron chi connectivity index (χ0n) is 7.03. The number of rotatable bonds is 1. The molecule has 2 fully saturated rings. The number of hydrogen-bond donors (Lipinski definition) is 1. The molecule has 0 aromatic rings. The maximum Gasteiger partial charge on any atom is 0.332 e. The molecule has 68 valence electrons. The Bertz CT molecular complexity index is 190. The molecule has 3 heteroatoms. The molecule has 0 amide bonds. The van der Waals surface area contributed by atoms with Crippen molar-refractivity contribution in [2.24, 2.45) is 5.92 Å². The van der Waals surface area contributed by atoms with Gasteiger partial charge in [0.2, 0.25) is 0 Å². The molecule has 2 rings (SSSR count). The summed E-state index contributed by atoms with van der Waals surface area (Å²) >= 11 is 0. The predicted octanol–water partition coefficient (Wildman–Crippen LogP) is 1.42. The van der Waals surface area contributed by atoms with Crippen LogP contribution in [0.1, 0.15) is 32.1 Å². The van der Waals surface area contributed by atoms with Crippen molar-refractivity contribution in [3.05, 3.63) is 0 Å². The van der Waals surface area contributed by atoms with Crippen LogP contribution in [0.15, 0.2) is 0 Å². The molecule has 3 nitrogen and oxygen atoms in total. The highest BCUT2D eigenvalue weighted by molar-refractivity contribution is 5.72. The second-order valence-corrected chi connectivity index (χ2v) is 3.77. The minimum atomic E-state index is -0.791. The first-order chi connectivity index (χ1) is 5.77. The average Bonchev–Trinajstić information content (AvgIpc) is 2.49. The van der Waals surface area contributed by atoms with Gasteiger partial charge in [-0.05, 0) is 31.6 Å². The molecule has 1 aliphatic heterocycles. The van der Waals surface area contributed by atoms with E-state index in [2.05, 4.69) is 0 Å². The largest absolute Gasteiger partial charge is 0.479 e. The fraction of sp³-hybridized carbons (Fsp3) is 0.889. The van der Waals surface area contributed by atoms with Crippen LogP contribution in [0, 0.1) is 5.92 Å². The van der Waals surface area contributed by atoms with Crippen molar-refractivity contribution in [1.82, 2.24) is 0 Å². The Balaban J connectivity index is 1.96. The molecule has 0 bridgehead atoms. The molecule has 3 unspecified atom stereocenters. The summed E-state index contributed by atoms with van der Waals surface area (Å²) in [5.41, 5.74) is 0. The minimum absolute atomic E-state index is 0.250. The summed E-state index contributed by atoms with van der Waals surface area (Å²) in [7, 11) is 0. The highest BCUT2D eigenvalue weighted by atomic mass is 16.5. The number of hydrogen-bond acceptors (Lipinski definition) is 2. The number of fused-ring (bicyclic) bond motifs is 1. The second-order valence-electron chi connectivity index (χ2n) is 3.77. The second kappa shape index (κ2) is 3.05. The van der Waals surface area contributed by atoms with Gasteiger partial charge in [0.05, 0.1) is 6.10 Å². The third-order valence-corrected chi connectivity index (χ3v) is 3.00. The highest BCUT2D eigenvalue weighted by Crippen LogP contribution is 2.37. The van der Waals surface area contributed by atoms with Crippen LogP contribution in [0.2, 0.25) is 0 Å². The van der Waals surface area contributed by atoms with Gasteiger partial charge in [-0.25, -0.2) is 4.79 Å². The van der Waals surface area contributed by atoms with Crippen LogP contribution < -0.4 is 0 Å². The highest BCUT2D eigenvalue weighted by Gasteiger charge is 2.37. The molecule has 1 heterocycles. The van der Waals surface area contributed by atoms with E-state index in [1.807, 2.05) is 0 Å². The van der Waals surface area contributed by atoms with Crippen LogP contribution in [0.3, 0.4) is 0 Å². The predicted molar refractivity (Wildman–Crippen MR) is 42.9 cm³/mol. The zero-order valence-corrected chi connectivity index (χ0v) is 7.03. The van der Waals surface area contributed by atoms with Gasteiger partial charge < -0.3 is 9.84 Å². The Labute approximate surface area is 71.7 Å². The number of carboxylic acid groups (broad SMARTS) is 1. The van der Waals surface area contributed by atoms with E-state index < -0.39 is 12.1 Å². The molecule has 2 aliphatic rings. The Kier molecular flexibility index (Phi) is 2.05. The van der Waals surface area contributed by atoms with Gasteiger partial charge in [-0.3, -0.25) is 0 Å². The van der Waals surface area contributed by atoms with E-state index in [9.17, 15) is 4.79 Å². The van der Waals surface area contributed by atoms with Crippen LogP contribution in [-0.2, 0) is 9.53 Å². The molecule has 1 N–H and O–H groups in total. The summed E-state index contributed by atoms with van der Waals surface area (Å²) in [6, 6.07) is 0. The van der Waals surface area contributed by atoms with Gasteiger partial charge >= 0.3 is 5.97 Å². The van der Waals surface area contributed by atoms with Crippen LogP contribution in [-0.4, -0.2) is 23.3 Å². The third-order valence-electron chi connectivity index (χ3n) is 3.00. The van der Waals surface area contributed by atoms with Gasteiger partial charge in [0, 0.05) is 0 Å². The van der Waals surface area contributed by atoms with E-state index in [0.717, 1.165) is 12.8 Å². The number of carboxylic acids is 1. The molecular weight excluding hydrogens is 156 g/mol. The first kappa shape index (κ1) is 8.05. The van der Waals surface area contributed by atoms with E-state index in [1.54, 1.807) is 0 Å². The number of ether oxygens (including phenoxy) is 1. The Morgan fingerprint density at radius 2 is 2.08 bits per heavy atom. The number of aliphatic carboxylic acids is 1. The van der Waals surface area contributed by atoms with Crippen LogP contribution in [0.25, 0.3) is 0 Å². The SMILES string of the molecule is O=C(O)C1CCC2CCCC2O1. The van der Waals surface area contributed by atoms with Crippen molar-refractivity contribution in [3.8, 4) is 0 Å². The molecular formula is C9H14O3. The van der Waals surface area contributed by atoms with E-state index in [1.165, 1.54) is 12.8 Å².